The van der Waals surface area contributed by atoms with E-state index in [2.05, 4.69) is 0 Å². The van der Waals surface area contributed by atoms with E-state index in [-0.39, 0.29) is 19.6 Å². The standard InChI is InChI=1S/C12H13ClN4O2/c13-10-3-8(4-14)1-2-9(10)5-17(6-11(15)18)7-12(16)19/h1-3H,5-7H2,(H2,15,18)(H2,16,19). The molecule has 0 aromatic heterocycles. The van der Waals surface area contributed by atoms with Gasteiger partial charge in [0, 0.05) is 11.6 Å². The summed E-state index contributed by atoms with van der Waals surface area (Å²) in [5.74, 6) is -1.13. The highest BCUT2D eigenvalue weighted by atomic mass is 35.5. The van der Waals surface area contributed by atoms with Crippen LogP contribution in [0.15, 0.2) is 18.2 Å². The number of nitrogens with zero attached hydrogens (tertiary/aromatic N) is 2. The Morgan fingerprint density at radius 1 is 1.26 bits per heavy atom. The topological polar surface area (TPSA) is 113 Å². The Kier molecular flexibility index (Phi) is 5.30. The lowest BCUT2D eigenvalue weighted by Gasteiger charge is -2.19. The molecule has 0 unspecified atom stereocenters. The third-order valence-corrected chi connectivity index (χ3v) is 2.69. The molecule has 0 spiro atoms. The summed E-state index contributed by atoms with van der Waals surface area (Å²) >= 11 is 6.02. The lowest BCUT2D eigenvalue weighted by atomic mass is 10.1. The fourth-order valence-electron chi connectivity index (χ4n) is 1.59. The van der Waals surface area contributed by atoms with Gasteiger partial charge in [-0.05, 0) is 17.7 Å². The monoisotopic (exact) mass is 280 g/mol. The SMILES string of the molecule is N#Cc1ccc(CN(CC(N)=O)CC(N)=O)c(Cl)c1. The predicted molar refractivity (Wildman–Crippen MR) is 69.8 cm³/mol. The van der Waals surface area contributed by atoms with Crippen molar-refractivity contribution in [3.8, 4) is 6.07 Å². The highest BCUT2D eigenvalue weighted by molar-refractivity contribution is 6.31. The lowest BCUT2D eigenvalue weighted by molar-refractivity contribution is -0.122. The van der Waals surface area contributed by atoms with Gasteiger partial charge < -0.3 is 11.5 Å². The van der Waals surface area contributed by atoms with Crippen molar-refractivity contribution in [3.63, 3.8) is 0 Å². The number of hydrogen-bond acceptors (Lipinski definition) is 4. The second kappa shape index (κ2) is 6.73. The molecule has 0 radical (unpaired) electrons. The molecular formula is C12H13ClN4O2. The van der Waals surface area contributed by atoms with Crippen molar-refractivity contribution in [1.29, 1.82) is 5.26 Å². The van der Waals surface area contributed by atoms with Gasteiger partial charge in [-0.15, -0.1) is 0 Å². The zero-order chi connectivity index (χ0) is 14.4. The Morgan fingerprint density at radius 3 is 2.26 bits per heavy atom. The molecule has 0 saturated heterocycles. The average Bonchev–Trinajstić information content (AvgIpc) is 2.30. The highest BCUT2D eigenvalue weighted by Crippen LogP contribution is 2.19. The van der Waals surface area contributed by atoms with Crippen molar-refractivity contribution < 1.29 is 9.59 Å². The number of halogens is 1. The van der Waals surface area contributed by atoms with Crippen LogP contribution in [0.4, 0.5) is 0 Å². The van der Waals surface area contributed by atoms with Gasteiger partial charge in [0.05, 0.1) is 24.7 Å². The molecule has 6 nitrogen and oxygen atoms in total. The van der Waals surface area contributed by atoms with Gasteiger partial charge >= 0.3 is 0 Å². The number of benzene rings is 1. The van der Waals surface area contributed by atoms with E-state index in [0.717, 1.165) is 0 Å². The molecule has 0 heterocycles. The molecule has 0 atom stereocenters. The second-order valence-electron chi connectivity index (χ2n) is 4.00. The maximum Gasteiger partial charge on any atom is 0.231 e. The number of nitriles is 1. The molecule has 2 amide bonds. The third kappa shape index (κ3) is 4.95. The van der Waals surface area contributed by atoms with Crippen LogP contribution in [0.25, 0.3) is 0 Å². The molecule has 0 fully saturated rings. The minimum absolute atomic E-state index is 0.0979. The summed E-state index contributed by atoms with van der Waals surface area (Å²) in [6.45, 7) is 0.0506. The summed E-state index contributed by atoms with van der Waals surface area (Å²) in [6, 6.07) is 6.75. The molecule has 0 bridgehead atoms. The minimum atomic E-state index is -0.564. The zero-order valence-corrected chi connectivity index (χ0v) is 10.9. The molecular weight excluding hydrogens is 268 g/mol. The van der Waals surface area contributed by atoms with E-state index in [1.54, 1.807) is 12.1 Å². The molecule has 100 valence electrons. The second-order valence-corrected chi connectivity index (χ2v) is 4.40. The maximum atomic E-state index is 10.9. The van der Waals surface area contributed by atoms with E-state index in [0.29, 0.717) is 16.1 Å². The molecule has 0 aliphatic carbocycles. The Balaban J connectivity index is 2.86. The Hall–Kier alpha value is -2.10. The maximum absolute atomic E-state index is 10.9. The summed E-state index contributed by atoms with van der Waals surface area (Å²) in [5, 5.41) is 9.12. The summed E-state index contributed by atoms with van der Waals surface area (Å²) in [5.41, 5.74) is 11.3. The van der Waals surface area contributed by atoms with Crippen LogP contribution < -0.4 is 11.5 Å². The van der Waals surface area contributed by atoms with Crippen LogP contribution in [0, 0.1) is 11.3 Å². The van der Waals surface area contributed by atoms with Crippen molar-refractivity contribution in [1.82, 2.24) is 4.90 Å². The van der Waals surface area contributed by atoms with Crippen LogP contribution in [0.2, 0.25) is 5.02 Å². The molecule has 1 aromatic carbocycles. The van der Waals surface area contributed by atoms with E-state index >= 15 is 0 Å². The van der Waals surface area contributed by atoms with E-state index in [4.69, 9.17) is 28.3 Å². The molecule has 0 saturated carbocycles. The molecule has 1 aromatic rings. The number of carbonyl (C=O) groups excluding carboxylic acids is 2. The van der Waals surface area contributed by atoms with Gasteiger partial charge in [-0.2, -0.15) is 5.26 Å². The molecule has 4 N–H and O–H groups in total. The van der Waals surface area contributed by atoms with Crippen LogP contribution in [0.5, 0.6) is 0 Å². The van der Waals surface area contributed by atoms with Crippen molar-refractivity contribution in [2.75, 3.05) is 13.1 Å². The largest absolute Gasteiger partial charge is 0.369 e. The summed E-state index contributed by atoms with van der Waals surface area (Å²) in [7, 11) is 0. The van der Waals surface area contributed by atoms with Gasteiger partial charge in [0.15, 0.2) is 0 Å². The zero-order valence-electron chi connectivity index (χ0n) is 10.1. The first-order chi connectivity index (χ1) is 8.92. The fourth-order valence-corrected chi connectivity index (χ4v) is 1.83. The van der Waals surface area contributed by atoms with Crippen molar-refractivity contribution in [2.24, 2.45) is 11.5 Å². The number of rotatable bonds is 6. The van der Waals surface area contributed by atoms with Gasteiger partial charge in [0.1, 0.15) is 0 Å². The first-order valence-electron chi connectivity index (χ1n) is 5.40. The van der Waals surface area contributed by atoms with E-state index in [9.17, 15) is 9.59 Å². The number of amides is 2. The lowest BCUT2D eigenvalue weighted by Crippen LogP contribution is -2.39. The van der Waals surface area contributed by atoms with Gasteiger partial charge in [-0.3, -0.25) is 14.5 Å². The summed E-state index contributed by atoms with van der Waals surface area (Å²) in [6.07, 6.45) is 0. The van der Waals surface area contributed by atoms with Crippen molar-refractivity contribution >= 4 is 23.4 Å². The van der Waals surface area contributed by atoms with E-state index < -0.39 is 11.8 Å². The van der Waals surface area contributed by atoms with Crippen LogP contribution in [0.1, 0.15) is 11.1 Å². The van der Waals surface area contributed by atoms with Crippen molar-refractivity contribution in [3.05, 3.63) is 34.3 Å². The van der Waals surface area contributed by atoms with Crippen LogP contribution in [0.3, 0.4) is 0 Å². The Labute approximate surface area is 115 Å². The highest BCUT2D eigenvalue weighted by Gasteiger charge is 2.13. The van der Waals surface area contributed by atoms with Gasteiger partial charge in [0.2, 0.25) is 11.8 Å². The van der Waals surface area contributed by atoms with Gasteiger partial charge in [-0.1, -0.05) is 17.7 Å². The molecule has 19 heavy (non-hydrogen) atoms. The minimum Gasteiger partial charge on any atom is -0.369 e. The average molecular weight is 281 g/mol. The van der Waals surface area contributed by atoms with Crippen molar-refractivity contribution in [2.45, 2.75) is 6.54 Å². The van der Waals surface area contributed by atoms with Crippen LogP contribution >= 0.6 is 11.6 Å². The predicted octanol–water partition coefficient (Wildman–Crippen LogP) is -0.0157. The molecule has 1 rings (SSSR count). The third-order valence-electron chi connectivity index (χ3n) is 2.34. The molecule has 0 aliphatic heterocycles. The normalized spacial score (nSPS) is 10.2. The Morgan fingerprint density at radius 2 is 1.84 bits per heavy atom. The van der Waals surface area contributed by atoms with E-state index in [1.165, 1.54) is 11.0 Å². The van der Waals surface area contributed by atoms with Gasteiger partial charge in [0.25, 0.3) is 0 Å². The first-order valence-corrected chi connectivity index (χ1v) is 5.77. The summed E-state index contributed by atoms with van der Waals surface area (Å²) in [4.78, 5) is 23.3. The number of nitrogens with two attached hydrogens (primary N) is 2. The Bertz CT molecular complexity index is 523. The molecule has 7 heteroatoms. The molecule has 0 aliphatic rings. The number of primary amides is 2. The first kappa shape index (κ1) is 15.0. The number of hydrogen-bond donors (Lipinski definition) is 2. The quantitative estimate of drug-likeness (QED) is 0.762. The summed E-state index contributed by atoms with van der Waals surface area (Å²) < 4.78 is 0. The number of carbonyl (C=O) groups is 2. The van der Waals surface area contributed by atoms with E-state index in [1.807, 2.05) is 6.07 Å². The van der Waals surface area contributed by atoms with Gasteiger partial charge in [-0.25, -0.2) is 0 Å². The van der Waals surface area contributed by atoms with Crippen LogP contribution in [-0.4, -0.2) is 29.8 Å². The smallest absolute Gasteiger partial charge is 0.231 e. The fraction of sp³-hybridized carbons (Fsp3) is 0.250. The van der Waals surface area contributed by atoms with Crippen LogP contribution in [-0.2, 0) is 16.1 Å².